The number of carbonyl (C=O) groups is 4. The van der Waals surface area contributed by atoms with Crippen LogP contribution >= 0.6 is 0 Å². The van der Waals surface area contributed by atoms with Gasteiger partial charge in [-0.05, 0) is 44.7 Å². The second-order valence-corrected chi connectivity index (χ2v) is 12.7. The third-order valence-electron chi connectivity index (χ3n) is 7.29. The summed E-state index contributed by atoms with van der Waals surface area (Å²) < 4.78 is 5.40. The molecule has 2 heterocycles. The van der Waals surface area contributed by atoms with E-state index in [0.717, 1.165) is 0 Å². The fraction of sp³-hybridized carbons (Fsp3) is 0.571. The summed E-state index contributed by atoms with van der Waals surface area (Å²) in [5.74, 6) is -2.65. The molecule has 2 aromatic rings. The number of aliphatic carboxylic acids is 1. The van der Waals surface area contributed by atoms with Crippen LogP contribution in [0.5, 0.6) is 0 Å². The van der Waals surface area contributed by atoms with Gasteiger partial charge in [-0.1, -0.05) is 39.0 Å². The van der Waals surface area contributed by atoms with E-state index in [1.807, 2.05) is 24.3 Å². The summed E-state index contributed by atoms with van der Waals surface area (Å²) in [6, 6.07) is 4.82. The molecule has 1 aliphatic carbocycles. The number of carbonyl (C=O) groups excluding carboxylic acids is 3. The van der Waals surface area contributed by atoms with Crippen LogP contribution in [0, 0.1) is 11.3 Å². The smallest absolute Gasteiger partial charge is 0.408 e. The number of carboxylic acid groups (broad SMARTS) is 1. The quantitative estimate of drug-likeness (QED) is 0.441. The number of rotatable bonds is 7. The molecule has 2 fully saturated rings. The van der Waals surface area contributed by atoms with Crippen molar-refractivity contribution in [3.8, 4) is 0 Å². The van der Waals surface area contributed by atoms with Gasteiger partial charge >= 0.3 is 12.1 Å². The van der Waals surface area contributed by atoms with Crippen molar-refractivity contribution < 1.29 is 29.0 Å². The molecule has 12 nitrogen and oxygen atoms in total. The minimum atomic E-state index is -1.46. The normalized spacial score (nSPS) is 25.2. The van der Waals surface area contributed by atoms with E-state index in [-0.39, 0.29) is 19.4 Å². The average Bonchev–Trinajstić information content (AvgIpc) is 3.18. The SMILES string of the molecule is C=CC1CC1(NC(=O)C1CC(n2nc3ccccc3n2)CN1C(=O)C(NC(=O)OC(C)(C)C)C(C)(C)C)C(=O)O. The van der Waals surface area contributed by atoms with E-state index in [2.05, 4.69) is 27.4 Å². The van der Waals surface area contributed by atoms with Gasteiger partial charge in [0.25, 0.3) is 0 Å². The van der Waals surface area contributed by atoms with Crippen LogP contribution in [0.1, 0.15) is 60.4 Å². The molecule has 3 amide bonds. The van der Waals surface area contributed by atoms with E-state index in [1.54, 1.807) is 41.5 Å². The summed E-state index contributed by atoms with van der Waals surface area (Å²) in [6.45, 7) is 14.3. The van der Waals surface area contributed by atoms with Crippen molar-refractivity contribution in [2.24, 2.45) is 11.3 Å². The third-order valence-corrected chi connectivity index (χ3v) is 7.29. The molecule has 12 heteroatoms. The van der Waals surface area contributed by atoms with Crippen LogP contribution in [0.2, 0.25) is 0 Å². The Morgan fingerprint density at radius 3 is 2.20 bits per heavy atom. The second-order valence-electron chi connectivity index (χ2n) is 12.7. The molecule has 216 valence electrons. The Labute approximate surface area is 233 Å². The van der Waals surface area contributed by atoms with Gasteiger partial charge in [-0.2, -0.15) is 15.0 Å². The molecule has 1 aliphatic heterocycles. The highest BCUT2D eigenvalue weighted by molar-refractivity contribution is 5.96. The number of amides is 3. The first-order valence-electron chi connectivity index (χ1n) is 13.4. The molecule has 2 aliphatic rings. The number of carboxylic acids is 1. The van der Waals surface area contributed by atoms with Gasteiger partial charge in [-0.15, -0.1) is 6.58 Å². The maximum absolute atomic E-state index is 14.1. The van der Waals surface area contributed by atoms with Crippen LogP contribution in [0.15, 0.2) is 36.9 Å². The molecular weight excluding hydrogens is 516 g/mol. The molecule has 5 unspecified atom stereocenters. The molecule has 0 radical (unpaired) electrons. The average molecular weight is 555 g/mol. The van der Waals surface area contributed by atoms with Gasteiger partial charge in [0, 0.05) is 18.9 Å². The maximum atomic E-state index is 14.1. The maximum Gasteiger partial charge on any atom is 0.408 e. The van der Waals surface area contributed by atoms with Crippen molar-refractivity contribution in [3.63, 3.8) is 0 Å². The van der Waals surface area contributed by atoms with E-state index >= 15 is 0 Å². The first-order chi connectivity index (χ1) is 18.6. The van der Waals surface area contributed by atoms with Crippen molar-refractivity contribution in [2.45, 2.75) is 83.6 Å². The van der Waals surface area contributed by atoms with Crippen molar-refractivity contribution in [1.29, 1.82) is 0 Å². The number of benzene rings is 1. The Bertz CT molecular complexity index is 1310. The largest absolute Gasteiger partial charge is 0.479 e. The van der Waals surface area contributed by atoms with Gasteiger partial charge < -0.3 is 25.4 Å². The van der Waals surface area contributed by atoms with Crippen LogP contribution in [-0.2, 0) is 19.1 Å². The highest BCUT2D eigenvalue weighted by Crippen LogP contribution is 2.45. The Morgan fingerprint density at radius 2 is 1.73 bits per heavy atom. The van der Waals surface area contributed by atoms with Gasteiger partial charge in [-0.3, -0.25) is 9.59 Å². The number of nitrogens with zero attached hydrogens (tertiary/aromatic N) is 4. The van der Waals surface area contributed by atoms with Crippen molar-refractivity contribution in [1.82, 2.24) is 30.5 Å². The molecule has 3 N–H and O–H groups in total. The number of hydrogen-bond acceptors (Lipinski definition) is 7. The van der Waals surface area contributed by atoms with Crippen LogP contribution in [0.3, 0.4) is 0 Å². The molecule has 0 bridgehead atoms. The molecule has 1 aromatic carbocycles. The van der Waals surface area contributed by atoms with Gasteiger partial charge in [0.05, 0.1) is 6.04 Å². The lowest BCUT2D eigenvalue weighted by atomic mass is 9.85. The zero-order chi connectivity index (χ0) is 29.6. The highest BCUT2D eigenvalue weighted by Gasteiger charge is 2.61. The number of nitrogens with one attached hydrogen (secondary N) is 2. The number of ether oxygens (including phenoxy) is 1. The molecule has 4 rings (SSSR count). The van der Waals surface area contributed by atoms with Crippen LogP contribution in [0.25, 0.3) is 11.0 Å². The summed E-state index contributed by atoms with van der Waals surface area (Å²) in [7, 11) is 0. The van der Waals surface area contributed by atoms with Crippen molar-refractivity contribution in [2.75, 3.05) is 6.54 Å². The van der Waals surface area contributed by atoms with E-state index in [1.165, 1.54) is 15.8 Å². The minimum Gasteiger partial charge on any atom is -0.479 e. The summed E-state index contributed by atoms with van der Waals surface area (Å²) >= 11 is 0. The van der Waals surface area contributed by atoms with Crippen LogP contribution in [0.4, 0.5) is 4.79 Å². The Balaban J connectivity index is 1.65. The van der Waals surface area contributed by atoms with E-state index in [9.17, 15) is 24.3 Å². The van der Waals surface area contributed by atoms with Gasteiger partial charge in [0.15, 0.2) is 0 Å². The second kappa shape index (κ2) is 10.2. The number of fused-ring (bicyclic) bond motifs is 1. The lowest BCUT2D eigenvalue weighted by Crippen LogP contribution is -2.59. The van der Waals surface area contributed by atoms with E-state index < -0.39 is 64.5 Å². The minimum absolute atomic E-state index is 0.0887. The zero-order valence-corrected chi connectivity index (χ0v) is 23.8. The van der Waals surface area contributed by atoms with Crippen molar-refractivity contribution >= 4 is 34.9 Å². The molecule has 5 atom stereocenters. The Morgan fingerprint density at radius 1 is 1.12 bits per heavy atom. The summed E-state index contributed by atoms with van der Waals surface area (Å²) in [5, 5.41) is 24.3. The first-order valence-corrected chi connectivity index (χ1v) is 13.4. The summed E-state index contributed by atoms with van der Waals surface area (Å²) in [4.78, 5) is 55.4. The molecule has 1 saturated carbocycles. The summed E-state index contributed by atoms with van der Waals surface area (Å²) in [5.41, 5.74) is -1.63. The van der Waals surface area contributed by atoms with E-state index in [4.69, 9.17) is 4.74 Å². The number of aromatic nitrogens is 3. The fourth-order valence-electron chi connectivity index (χ4n) is 5.07. The monoisotopic (exact) mass is 554 g/mol. The Kier molecular flexibility index (Phi) is 7.42. The van der Waals surface area contributed by atoms with Gasteiger partial charge in [0.2, 0.25) is 11.8 Å². The summed E-state index contributed by atoms with van der Waals surface area (Å²) in [6.07, 6.45) is 1.14. The van der Waals surface area contributed by atoms with Gasteiger partial charge in [0.1, 0.15) is 34.3 Å². The number of hydrogen-bond donors (Lipinski definition) is 3. The lowest BCUT2D eigenvalue weighted by Gasteiger charge is -2.36. The number of alkyl carbamates (subject to hydrolysis) is 1. The predicted octanol–water partition coefficient (Wildman–Crippen LogP) is 2.66. The zero-order valence-electron chi connectivity index (χ0n) is 23.8. The fourth-order valence-corrected chi connectivity index (χ4v) is 5.07. The van der Waals surface area contributed by atoms with Gasteiger partial charge in [-0.25, -0.2) is 9.59 Å². The molecule has 40 heavy (non-hydrogen) atoms. The third kappa shape index (κ3) is 5.80. The first kappa shape index (κ1) is 29.0. The standard InChI is InChI=1S/C28H38N6O6/c1-8-16-14-28(16,24(37)38)30-22(35)20-13-17(34-31-18-11-9-10-12-19(18)32-34)15-33(20)23(36)21(26(2,3)4)29-25(39)40-27(5,6)7/h8-12,16-17,20-21H,1,13-15H2,2-7H3,(H,29,39)(H,30,35)(H,37,38). The van der Waals surface area contributed by atoms with Crippen molar-refractivity contribution in [3.05, 3.63) is 36.9 Å². The Hall–Kier alpha value is -3.96. The molecule has 0 spiro atoms. The topological polar surface area (TPSA) is 156 Å². The molecule has 1 aromatic heterocycles. The molecular formula is C28H38N6O6. The van der Waals surface area contributed by atoms with Crippen LogP contribution < -0.4 is 10.6 Å². The number of likely N-dealkylation sites (tertiary alicyclic amines) is 1. The molecule has 1 saturated heterocycles. The lowest BCUT2D eigenvalue weighted by molar-refractivity contribution is -0.146. The highest BCUT2D eigenvalue weighted by atomic mass is 16.6. The van der Waals surface area contributed by atoms with E-state index in [0.29, 0.717) is 11.0 Å². The van der Waals surface area contributed by atoms with Crippen LogP contribution in [-0.4, -0.2) is 78.6 Å². The predicted molar refractivity (Wildman–Crippen MR) is 146 cm³/mol.